The highest BCUT2D eigenvalue weighted by Crippen LogP contribution is 2.22. The van der Waals surface area contributed by atoms with Gasteiger partial charge in [0, 0.05) is 0 Å². The number of fused-ring (bicyclic) bond motifs is 1. The van der Waals surface area contributed by atoms with Crippen LogP contribution in [0.5, 0.6) is 0 Å². The molecule has 3 N–H and O–H groups in total. The van der Waals surface area contributed by atoms with Gasteiger partial charge in [0.15, 0.2) is 11.0 Å². The molecule has 5 nitrogen and oxygen atoms in total. The molecule has 0 radical (unpaired) electrons. The van der Waals surface area contributed by atoms with E-state index in [9.17, 15) is 4.79 Å². The summed E-state index contributed by atoms with van der Waals surface area (Å²) in [6.45, 7) is 3.50. The number of rotatable bonds is 3. The van der Waals surface area contributed by atoms with Gasteiger partial charge in [0.2, 0.25) is 5.91 Å². The molecule has 0 bridgehead atoms. The highest BCUT2D eigenvalue weighted by molar-refractivity contribution is 6.32. The third kappa shape index (κ3) is 2.83. The number of benzene rings is 1. The molecule has 100 valence electrons. The van der Waals surface area contributed by atoms with Gasteiger partial charge in [0.25, 0.3) is 0 Å². The van der Waals surface area contributed by atoms with Gasteiger partial charge in [-0.3, -0.25) is 4.79 Å². The Morgan fingerprint density at radius 2 is 1.95 bits per heavy atom. The van der Waals surface area contributed by atoms with Crippen molar-refractivity contribution in [2.75, 3.05) is 5.32 Å². The van der Waals surface area contributed by atoms with E-state index in [0.29, 0.717) is 17.5 Å². The molecule has 1 atom stereocenters. The maximum Gasteiger partial charge on any atom is 0.245 e. The van der Waals surface area contributed by atoms with E-state index in [4.69, 9.17) is 17.3 Å². The lowest BCUT2D eigenvalue weighted by molar-refractivity contribution is -0.120. The Balaban J connectivity index is 2.35. The van der Waals surface area contributed by atoms with Gasteiger partial charge in [-0.2, -0.15) is 0 Å². The summed E-state index contributed by atoms with van der Waals surface area (Å²) in [4.78, 5) is 20.5. The average Bonchev–Trinajstić information content (AvgIpc) is 2.39. The van der Waals surface area contributed by atoms with Gasteiger partial charge in [-0.05, 0) is 25.5 Å². The molecule has 6 heteroatoms. The van der Waals surface area contributed by atoms with Crippen LogP contribution in [0.2, 0.25) is 5.15 Å². The van der Waals surface area contributed by atoms with Crippen LogP contribution in [0.4, 0.5) is 5.82 Å². The average molecular weight is 279 g/mol. The predicted octanol–water partition coefficient (Wildman–Crippen LogP) is 2.35. The van der Waals surface area contributed by atoms with Crippen LogP contribution in [0.1, 0.15) is 20.3 Å². The summed E-state index contributed by atoms with van der Waals surface area (Å²) in [6.07, 6.45) is 0.511. The number of para-hydroxylation sites is 2. The van der Waals surface area contributed by atoms with Gasteiger partial charge in [-0.1, -0.05) is 30.7 Å². The lowest BCUT2D eigenvalue weighted by atomic mass is 10.00. The summed E-state index contributed by atoms with van der Waals surface area (Å²) < 4.78 is 0. The monoisotopic (exact) mass is 278 g/mol. The van der Waals surface area contributed by atoms with Crippen molar-refractivity contribution in [3.8, 4) is 0 Å². The molecule has 0 saturated heterocycles. The number of carbonyl (C=O) groups excluding carboxylic acids is 1. The number of anilines is 1. The van der Waals surface area contributed by atoms with Crippen molar-refractivity contribution in [1.82, 2.24) is 9.97 Å². The largest absolute Gasteiger partial charge is 0.318 e. The molecule has 1 amide bonds. The lowest BCUT2D eigenvalue weighted by Crippen LogP contribution is -2.48. The minimum absolute atomic E-state index is 0.152. The van der Waals surface area contributed by atoms with Gasteiger partial charge < -0.3 is 11.1 Å². The van der Waals surface area contributed by atoms with Gasteiger partial charge in [0.1, 0.15) is 0 Å². The van der Waals surface area contributed by atoms with Crippen LogP contribution in [0, 0.1) is 0 Å². The van der Waals surface area contributed by atoms with Crippen LogP contribution in [0.15, 0.2) is 24.3 Å². The summed E-state index contributed by atoms with van der Waals surface area (Å²) >= 11 is 6.01. The zero-order valence-electron chi connectivity index (χ0n) is 10.8. The minimum Gasteiger partial charge on any atom is -0.318 e. The minimum atomic E-state index is -0.962. The normalized spacial score (nSPS) is 14.1. The zero-order chi connectivity index (χ0) is 14.0. The van der Waals surface area contributed by atoms with Crippen LogP contribution >= 0.6 is 11.6 Å². The number of aromatic nitrogens is 2. The second-order valence-corrected chi connectivity index (χ2v) is 4.93. The topological polar surface area (TPSA) is 80.9 Å². The molecule has 0 aliphatic rings. The van der Waals surface area contributed by atoms with Crippen molar-refractivity contribution in [2.24, 2.45) is 5.73 Å². The maximum atomic E-state index is 12.0. The summed E-state index contributed by atoms with van der Waals surface area (Å²) in [5.74, 6) is -0.100. The van der Waals surface area contributed by atoms with Crippen molar-refractivity contribution in [3.05, 3.63) is 29.4 Å². The summed E-state index contributed by atoms with van der Waals surface area (Å²) in [5.41, 5.74) is 6.25. The fourth-order valence-electron chi connectivity index (χ4n) is 1.47. The van der Waals surface area contributed by atoms with Crippen molar-refractivity contribution >= 4 is 34.4 Å². The summed E-state index contributed by atoms with van der Waals surface area (Å²) in [6, 6.07) is 7.30. The van der Waals surface area contributed by atoms with E-state index in [0.717, 1.165) is 0 Å². The van der Waals surface area contributed by atoms with Crippen LogP contribution in [-0.4, -0.2) is 21.4 Å². The Morgan fingerprint density at radius 1 is 1.37 bits per heavy atom. The maximum absolute atomic E-state index is 12.0. The first-order valence-electron chi connectivity index (χ1n) is 5.96. The van der Waals surface area contributed by atoms with E-state index in [-0.39, 0.29) is 16.9 Å². The van der Waals surface area contributed by atoms with E-state index < -0.39 is 5.54 Å². The molecule has 1 heterocycles. The molecule has 1 aromatic carbocycles. The van der Waals surface area contributed by atoms with Crippen LogP contribution < -0.4 is 11.1 Å². The molecule has 2 rings (SSSR count). The number of hydrogen-bond acceptors (Lipinski definition) is 4. The van der Waals surface area contributed by atoms with E-state index in [1.165, 1.54) is 0 Å². The summed E-state index contributed by atoms with van der Waals surface area (Å²) in [7, 11) is 0. The molecular formula is C13H15ClN4O. The molecule has 0 aliphatic heterocycles. The molecule has 1 aromatic heterocycles. The molecule has 0 aliphatic carbocycles. The number of nitrogens with one attached hydrogen (secondary N) is 1. The Bertz CT molecular complexity index is 627. The smallest absolute Gasteiger partial charge is 0.245 e. The van der Waals surface area contributed by atoms with Crippen LogP contribution in [0.3, 0.4) is 0 Å². The lowest BCUT2D eigenvalue weighted by Gasteiger charge is -2.21. The van der Waals surface area contributed by atoms with Crippen molar-refractivity contribution in [2.45, 2.75) is 25.8 Å². The van der Waals surface area contributed by atoms with Gasteiger partial charge in [-0.15, -0.1) is 0 Å². The Kier molecular flexibility index (Phi) is 3.68. The predicted molar refractivity (Wildman–Crippen MR) is 76.1 cm³/mol. The fraction of sp³-hybridized carbons (Fsp3) is 0.308. The first-order chi connectivity index (χ1) is 8.94. The van der Waals surface area contributed by atoms with E-state index in [2.05, 4.69) is 15.3 Å². The van der Waals surface area contributed by atoms with Crippen molar-refractivity contribution in [3.63, 3.8) is 0 Å². The summed E-state index contributed by atoms with van der Waals surface area (Å²) in [5, 5.41) is 2.78. The molecule has 0 fully saturated rings. The molecule has 2 aromatic rings. The second-order valence-electron chi connectivity index (χ2n) is 4.58. The quantitative estimate of drug-likeness (QED) is 0.903. The number of nitrogens with two attached hydrogens (primary N) is 1. The highest BCUT2D eigenvalue weighted by Gasteiger charge is 2.27. The number of carbonyl (C=O) groups is 1. The third-order valence-electron chi connectivity index (χ3n) is 3.01. The number of amides is 1. The van der Waals surface area contributed by atoms with Gasteiger partial charge in [-0.25, -0.2) is 9.97 Å². The van der Waals surface area contributed by atoms with Gasteiger partial charge in [0.05, 0.1) is 16.6 Å². The molecular weight excluding hydrogens is 264 g/mol. The van der Waals surface area contributed by atoms with Crippen LogP contribution in [-0.2, 0) is 4.79 Å². The first kappa shape index (κ1) is 13.7. The van der Waals surface area contributed by atoms with Crippen LogP contribution in [0.25, 0.3) is 11.0 Å². The molecule has 0 spiro atoms. The number of nitrogens with zero attached hydrogens (tertiary/aromatic N) is 2. The Morgan fingerprint density at radius 3 is 2.53 bits per heavy atom. The van der Waals surface area contributed by atoms with Crippen molar-refractivity contribution < 1.29 is 4.79 Å². The third-order valence-corrected chi connectivity index (χ3v) is 3.28. The van der Waals surface area contributed by atoms with E-state index in [1.807, 2.05) is 19.1 Å². The van der Waals surface area contributed by atoms with Gasteiger partial charge >= 0.3 is 0 Å². The standard InChI is InChI=1S/C13H15ClN4O/c1-3-13(2,15)12(19)18-11-10(14)16-8-6-4-5-7-9(8)17-11/h4-7H,3,15H2,1-2H3,(H,17,18,19). The highest BCUT2D eigenvalue weighted by atomic mass is 35.5. The Labute approximate surface area is 116 Å². The van der Waals surface area contributed by atoms with E-state index >= 15 is 0 Å². The zero-order valence-corrected chi connectivity index (χ0v) is 11.5. The van der Waals surface area contributed by atoms with Crippen molar-refractivity contribution in [1.29, 1.82) is 0 Å². The second kappa shape index (κ2) is 5.11. The molecule has 0 saturated carbocycles. The number of hydrogen-bond donors (Lipinski definition) is 2. The SMILES string of the molecule is CCC(C)(N)C(=O)Nc1nc2ccccc2nc1Cl. The Hall–Kier alpha value is -1.72. The van der Waals surface area contributed by atoms with E-state index in [1.54, 1.807) is 19.1 Å². The molecule has 19 heavy (non-hydrogen) atoms. The first-order valence-corrected chi connectivity index (χ1v) is 6.34. The fourth-order valence-corrected chi connectivity index (χ4v) is 1.65. The number of halogens is 1. The molecule has 1 unspecified atom stereocenters.